The van der Waals surface area contributed by atoms with Crippen LogP contribution in [0.5, 0.6) is 0 Å². The number of rotatable bonds is 30. The molecule has 0 radical (unpaired) electrons. The molecule has 264 valence electrons. The van der Waals surface area contributed by atoms with Crippen molar-refractivity contribution in [3.63, 3.8) is 0 Å². The lowest BCUT2D eigenvalue weighted by Crippen LogP contribution is -2.40. The second kappa shape index (κ2) is 29.8. The third-order valence-corrected chi connectivity index (χ3v) is 9.52. The number of esters is 3. The van der Waals surface area contributed by atoms with Gasteiger partial charge in [-0.25, -0.2) is 0 Å². The molecule has 45 heavy (non-hydrogen) atoms. The second-order valence-corrected chi connectivity index (χ2v) is 13.7. The minimum atomic E-state index is -0.639. The number of carbonyl (C=O) groups excluding carboxylic acids is 3. The summed E-state index contributed by atoms with van der Waals surface area (Å²) in [5.74, 6) is -2.44. The van der Waals surface area contributed by atoms with E-state index in [4.69, 9.17) is 14.2 Å². The van der Waals surface area contributed by atoms with Crippen molar-refractivity contribution in [1.82, 2.24) is 0 Å². The van der Waals surface area contributed by atoms with Crippen LogP contribution < -0.4 is 0 Å². The second-order valence-electron chi connectivity index (χ2n) is 13.7. The quantitative estimate of drug-likeness (QED) is 0.0443. The largest absolute Gasteiger partial charge is 0.465 e. The topological polar surface area (TPSA) is 78.9 Å². The molecule has 3 atom stereocenters. The number of unbranched alkanes of at least 4 members (excludes halogenated alkanes) is 21. The van der Waals surface area contributed by atoms with Crippen LogP contribution in [0.4, 0.5) is 0 Å². The van der Waals surface area contributed by atoms with Gasteiger partial charge in [0.1, 0.15) is 0 Å². The Kier molecular flexibility index (Phi) is 27.4. The van der Waals surface area contributed by atoms with Crippen LogP contribution in [0.2, 0.25) is 0 Å². The zero-order valence-corrected chi connectivity index (χ0v) is 29.9. The van der Waals surface area contributed by atoms with Crippen LogP contribution in [-0.4, -0.2) is 37.7 Å². The van der Waals surface area contributed by atoms with E-state index in [1.54, 1.807) is 0 Å². The Hall–Kier alpha value is -1.59. The van der Waals surface area contributed by atoms with Crippen molar-refractivity contribution in [2.45, 2.75) is 194 Å². The SMILES string of the molecule is CCCCCCCCCCOC(=O)C1CCC(C(=O)OCCCCCCCCCC)C(C(=O)OCCCCCCCCCC)C1. The molecule has 0 spiro atoms. The first kappa shape index (κ1) is 41.4. The first-order valence-electron chi connectivity index (χ1n) is 19.5. The summed E-state index contributed by atoms with van der Waals surface area (Å²) >= 11 is 0. The van der Waals surface area contributed by atoms with E-state index < -0.39 is 11.8 Å². The van der Waals surface area contributed by atoms with Crippen LogP contribution in [0.1, 0.15) is 194 Å². The van der Waals surface area contributed by atoms with Crippen LogP contribution in [0.15, 0.2) is 0 Å². The maximum Gasteiger partial charge on any atom is 0.309 e. The van der Waals surface area contributed by atoms with Crippen LogP contribution in [0.3, 0.4) is 0 Å². The third kappa shape index (κ3) is 21.8. The van der Waals surface area contributed by atoms with Gasteiger partial charge < -0.3 is 14.2 Å². The van der Waals surface area contributed by atoms with E-state index >= 15 is 0 Å². The van der Waals surface area contributed by atoms with Gasteiger partial charge in [-0.2, -0.15) is 0 Å². The molecule has 1 rings (SSSR count). The zero-order chi connectivity index (χ0) is 32.8. The van der Waals surface area contributed by atoms with Gasteiger partial charge >= 0.3 is 17.9 Å². The molecule has 1 fully saturated rings. The lowest BCUT2D eigenvalue weighted by Gasteiger charge is -2.32. The highest BCUT2D eigenvalue weighted by Gasteiger charge is 2.43. The molecule has 1 aliphatic rings. The average molecular weight is 637 g/mol. The van der Waals surface area contributed by atoms with E-state index in [9.17, 15) is 14.4 Å². The maximum atomic E-state index is 13.3. The normalized spacial score (nSPS) is 18.1. The zero-order valence-electron chi connectivity index (χ0n) is 29.9. The van der Waals surface area contributed by atoms with E-state index in [2.05, 4.69) is 20.8 Å². The molecule has 0 saturated heterocycles. The molecule has 0 aromatic heterocycles. The maximum absolute atomic E-state index is 13.3. The van der Waals surface area contributed by atoms with Crippen molar-refractivity contribution >= 4 is 17.9 Å². The van der Waals surface area contributed by atoms with Gasteiger partial charge in [0.2, 0.25) is 0 Å². The van der Waals surface area contributed by atoms with E-state index in [1.807, 2.05) is 0 Å². The fraction of sp³-hybridized carbons (Fsp3) is 0.923. The van der Waals surface area contributed by atoms with Crippen molar-refractivity contribution in [2.75, 3.05) is 19.8 Å². The monoisotopic (exact) mass is 637 g/mol. The summed E-state index contributed by atoms with van der Waals surface area (Å²) < 4.78 is 17.0. The van der Waals surface area contributed by atoms with E-state index in [-0.39, 0.29) is 23.8 Å². The summed E-state index contributed by atoms with van der Waals surface area (Å²) in [6.07, 6.45) is 29.7. The summed E-state index contributed by atoms with van der Waals surface area (Å²) in [5.41, 5.74) is 0. The molecule has 6 heteroatoms. The van der Waals surface area contributed by atoms with E-state index in [0.717, 1.165) is 44.9 Å². The molecular formula is C39H72O6. The van der Waals surface area contributed by atoms with Gasteiger partial charge in [-0.1, -0.05) is 156 Å². The van der Waals surface area contributed by atoms with Crippen molar-refractivity contribution in [3.8, 4) is 0 Å². The highest BCUT2D eigenvalue weighted by Crippen LogP contribution is 2.36. The molecule has 0 N–H and O–H groups in total. The van der Waals surface area contributed by atoms with Crippen LogP contribution in [0, 0.1) is 17.8 Å². The van der Waals surface area contributed by atoms with Crippen molar-refractivity contribution in [1.29, 1.82) is 0 Å². The average Bonchev–Trinajstić information content (AvgIpc) is 3.05. The van der Waals surface area contributed by atoms with Gasteiger partial charge in [-0.05, 0) is 38.5 Å². The van der Waals surface area contributed by atoms with Gasteiger partial charge in [0.15, 0.2) is 0 Å². The number of carbonyl (C=O) groups is 3. The summed E-state index contributed by atoms with van der Waals surface area (Å²) in [5, 5.41) is 0. The molecule has 0 aliphatic heterocycles. The minimum Gasteiger partial charge on any atom is -0.465 e. The Labute approximate surface area is 277 Å². The third-order valence-electron chi connectivity index (χ3n) is 9.52. The predicted molar refractivity (Wildman–Crippen MR) is 185 cm³/mol. The van der Waals surface area contributed by atoms with Crippen molar-refractivity contribution in [2.24, 2.45) is 17.8 Å². The Morgan fingerprint density at radius 1 is 0.400 bits per heavy atom. The van der Waals surface area contributed by atoms with Crippen molar-refractivity contribution in [3.05, 3.63) is 0 Å². The molecular weight excluding hydrogens is 564 g/mol. The number of hydrogen-bond acceptors (Lipinski definition) is 6. The van der Waals surface area contributed by atoms with Crippen LogP contribution in [0.25, 0.3) is 0 Å². The molecule has 0 bridgehead atoms. The first-order chi connectivity index (χ1) is 22.0. The Morgan fingerprint density at radius 2 is 0.711 bits per heavy atom. The van der Waals surface area contributed by atoms with Gasteiger partial charge in [-0.15, -0.1) is 0 Å². The Bertz CT molecular complexity index is 722. The minimum absolute atomic E-state index is 0.232. The standard InChI is InChI=1S/C39H72O6/c1-4-7-10-13-16-19-22-25-30-43-37(40)34-28-29-35(38(41)44-31-26-23-20-17-14-11-8-5-2)36(33-34)39(42)45-32-27-24-21-18-15-12-9-6-3/h34-36H,4-33H2,1-3H3. The Balaban J connectivity index is 2.49. The molecule has 6 nitrogen and oxygen atoms in total. The molecule has 3 unspecified atom stereocenters. The molecule has 1 saturated carbocycles. The molecule has 1 aliphatic carbocycles. The highest BCUT2D eigenvalue weighted by atomic mass is 16.5. The Morgan fingerprint density at radius 3 is 1.09 bits per heavy atom. The molecule has 0 heterocycles. The molecule has 0 aromatic carbocycles. The van der Waals surface area contributed by atoms with Gasteiger partial charge in [0.25, 0.3) is 0 Å². The van der Waals surface area contributed by atoms with Gasteiger partial charge in [0.05, 0.1) is 37.6 Å². The summed E-state index contributed by atoms with van der Waals surface area (Å²) in [6.45, 7) is 7.89. The summed E-state index contributed by atoms with van der Waals surface area (Å²) in [4.78, 5) is 39.3. The summed E-state index contributed by atoms with van der Waals surface area (Å²) in [7, 11) is 0. The highest BCUT2D eigenvalue weighted by molar-refractivity contribution is 5.83. The lowest BCUT2D eigenvalue weighted by atomic mass is 9.74. The van der Waals surface area contributed by atoms with Crippen LogP contribution >= 0.6 is 0 Å². The fourth-order valence-corrected chi connectivity index (χ4v) is 6.49. The van der Waals surface area contributed by atoms with Gasteiger partial charge in [0, 0.05) is 0 Å². The summed E-state index contributed by atoms with van der Waals surface area (Å²) in [6, 6.07) is 0. The van der Waals surface area contributed by atoms with Gasteiger partial charge in [-0.3, -0.25) is 14.4 Å². The predicted octanol–water partition coefficient (Wildman–Crippen LogP) is 11.1. The fourth-order valence-electron chi connectivity index (χ4n) is 6.49. The molecule has 0 amide bonds. The van der Waals surface area contributed by atoms with Crippen molar-refractivity contribution < 1.29 is 28.6 Å². The molecule has 0 aromatic rings. The smallest absolute Gasteiger partial charge is 0.309 e. The van der Waals surface area contributed by atoms with E-state index in [1.165, 1.54) is 109 Å². The number of ether oxygens (including phenoxy) is 3. The lowest BCUT2D eigenvalue weighted by molar-refractivity contribution is -0.167. The number of hydrogen-bond donors (Lipinski definition) is 0. The van der Waals surface area contributed by atoms with E-state index in [0.29, 0.717) is 39.1 Å². The first-order valence-corrected chi connectivity index (χ1v) is 19.5. The van der Waals surface area contributed by atoms with Crippen LogP contribution in [-0.2, 0) is 28.6 Å².